The van der Waals surface area contributed by atoms with Crippen molar-refractivity contribution >= 4 is 59.4 Å². The van der Waals surface area contributed by atoms with Crippen LogP contribution in [0.3, 0.4) is 0 Å². The number of nitrogens with one attached hydrogen (secondary N) is 1. The number of carbonyl (C=O) groups is 1. The molecule has 0 saturated heterocycles. The summed E-state index contributed by atoms with van der Waals surface area (Å²) in [5.74, 6) is -0.389. The van der Waals surface area contributed by atoms with E-state index < -0.39 is 0 Å². The first-order valence-electron chi connectivity index (χ1n) is 5.93. The van der Waals surface area contributed by atoms with Crippen LogP contribution < -0.4 is 5.32 Å². The third-order valence-corrected chi connectivity index (χ3v) is 4.41. The molecule has 0 aliphatic carbocycles. The van der Waals surface area contributed by atoms with Crippen LogP contribution in [-0.2, 0) is 11.3 Å². The van der Waals surface area contributed by atoms with Crippen LogP contribution in [0.5, 0.6) is 0 Å². The summed E-state index contributed by atoms with van der Waals surface area (Å²) in [6.45, 7) is 0.542. The lowest BCUT2D eigenvalue weighted by Gasteiger charge is -2.11. The van der Waals surface area contributed by atoms with E-state index in [9.17, 15) is 4.79 Å². The number of aromatic nitrogens is 1. The first-order chi connectivity index (χ1) is 10.0. The van der Waals surface area contributed by atoms with E-state index in [0.717, 1.165) is 24.8 Å². The van der Waals surface area contributed by atoms with Gasteiger partial charge in [0.15, 0.2) is 0 Å². The molecule has 4 nitrogen and oxygen atoms in total. The van der Waals surface area contributed by atoms with Crippen molar-refractivity contribution in [1.29, 1.82) is 0 Å². The van der Waals surface area contributed by atoms with E-state index in [0.29, 0.717) is 12.1 Å². The normalized spacial score (nSPS) is 10.3. The lowest BCUT2D eigenvalue weighted by molar-refractivity contribution is 0.0600. The number of anilines is 1. The lowest BCUT2D eigenvalue weighted by atomic mass is 10.2. The molecule has 0 aliphatic heterocycles. The average Bonchev–Trinajstić information content (AvgIpc) is 2.46. The molecule has 110 valence electrons. The van der Waals surface area contributed by atoms with Crippen LogP contribution in [0.25, 0.3) is 0 Å². The van der Waals surface area contributed by atoms with Crippen molar-refractivity contribution in [1.82, 2.24) is 4.98 Å². The van der Waals surface area contributed by atoms with Crippen LogP contribution in [-0.4, -0.2) is 18.1 Å². The summed E-state index contributed by atoms with van der Waals surface area (Å²) in [6, 6.07) is 7.41. The molecule has 2 rings (SSSR count). The number of carbonyl (C=O) groups excluding carboxylic acids is 1. The Labute approximate surface area is 147 Å². The van der Waals surface area contributed by atoms with Gasteiger partial charge in [-0.1, -0.05) is 15.9 Å². The number of rotatable bonds is 4. The van der Waals surface area contributed by atoms with Gasteiger partial charge in [0.2, 0.25) is 0 Å². The molecule has 21 heavy (non-hydrogen) atoms. The summed E-state index contributed by atoms with van der Waals surface area (Å²) in [7, 11) is 1.35. The van der Waals surface area contributed by atoms with Gasteiger partial charge in [-0.15, -0.1) is 0 Å². The Balaban J connectivity index is 2.08. The number of benzene rings is 1. The van der Waals surface area contributed by atoms with Gasteiger partial charge in [-0.2, -0.15) is 0 Å². The summed E-state index contributed by atoms with van der Waals surface area (Å²) in [4.78, 5) is 15.6. The van der Waals surface area contributed by atoms with Gasteiger partial charge in [-0.25, -0.2) is 4.79 Å². The van der Waals surface area contributed by atoms with E-state index in [-0.39, 0.29) is 5.97 Å². The molecule has 0 fully saturated rings. The Bertz CT molecular complexity index is 637. The quantitative estimate of drug-likeness (QED) is 0.643. The highest BCUT2D eigenvalue weighted by atomic mass is 79.9. The Morgan fingerprint density at radius 2 is 1.90 bits per heavy atom. The van der Waals surface area contributed by atoms with Crippen LogP contribution in [0.2, 0.25) is 0 Å². The summed E-state index contributed by atoms with van der Waals surface area (Å²) < 4.78 is 7.50. The third kappa shape index (κ3) is 4.28. The zero-order valence-electron chi connectivity index (χ0n) is 11.0. The van der Waals surface area contributed by atoms with Crippen LogP contribution in [0.4, 0.5) is 5.69 Å². The molecule has 1 heterocycles. The number of nitrogens with zero attached hydrogens (tertiary/aromatic N) is 1. The topological polar surface area (TPSA) is 51.2 Å². The second kappa shape index (κ2) is 7.38. The number of hydrogen-bond acceptors (Lipinski definition) is 4. The van der Waals surface area contributed by atoms with Crippen molar-refractivity contribution in [3.8, 4) is 0 Å². The molecule has 1 N–H and O–H groups in total. The van der Waals surface area contributed by atoms with E-state index in [1.165, 1.54) is 13.3 Å². The summed E-state index contributed by atoms with van der Waals surface area (Å²) in [5.41, 5.74) is 2.20. The SMILES string of the molecule is COC(=O)c1ccc(CNc2c(Br)cc(Br)cc2Br)nc1. The van der Waals surface area contributed by atoms with Crippen LogP contribution in [0.15, 0.2) is 43.9 Å². The molecule has 0 unspecified atom stereocenters. The molecule has 0 aliphatic rings. The van der Waals surface area contributed by atoms with Gasteiger partial charge in [0, 0.05) is 19.6 Å². The van der Waals surface area contributed by atoms with E-state index in [4.69, 9.17) is 0 Å². The maximum Gasteiger partial charge on any atom is 0.339 e. The number of esters is 1. The zero-order chi connectivity index (χ0) is 15.4. The Morgan fingerprint density at radius 1 is 1.24 bits per heavy atom. The molecular weight excluding hydrogens is 468 g/mol. The van der Waals surface area contributed by atoms with Crippen LogP contribution >= 0.6 is 47.8 Å². The monoisotopic (exact) mass is 476 g/mol. The summed E-state index contributed by atoms with van der Waals surface area (Å²) in [5, 5.41) is 3.29. The van der Waals surface area contributed by atoms with E-state index in [1.807, 2.05) is 12.1 Å². The third-order valence-electron chi connectivity index (χ3n) is 2.70. The van der Waals surface area contributed by atoms with Crippen molar-refractivity contribution in [3.63, 3.8) is 0 Å². The lowest BCUT2D eigenvalue weighted by Crippen LogP contribution is -2.06. The van der Waals surface area contributed by atoms with Gasteiger partial charge < -0.3 is 10.1 Å². The molecule has 7 heteroatoms. The standard InChI is InChI=1S/C14H11Br3N2O2/c1-21-14(20)8-2-3-10(18-6-8)7-19-13-11(16)4-9(15)5-12(13)17/h2-6,19H,7H2,1H3. The molecule has 0 bridgehead atoms. The number of hydrogen-bond donors (Lipinski definition) is 1. The maximum absolute atomic E-state index is 11.3. The fraction of sp³-hybridized carbons (Fsp3) is 0.143. The first kappa shape index (κ1) is 16.5. The molecule has 0 saturated carbocycles. The molecule has 2 aromatic rings. The molecule has 0 atom stereocenters. The molecule has 0 amide bonds. The van der Waals surface area contributed by atoms with Crippen molar-refractivity contribution in [2.24, 2.45) is 0 Å². The maximum atomic E-state index is 11.3. The van der Waals surface area contributed by atoms with Crippen molar-refractivity contribution in [3.05, 3.63) is 55.1 Å². The number of ether oxygens (including phenoxy) is 1. The summed E-state index contributed by atoms with van der Waals surface area (Å²) in [6.07, 6.45) is 1.51. The minimum absolute atomic E-state index is 0.389. The highest BCUT2D eigenvalue weighted by Gasteiger charge is 2.08. The van der Waals surface area contributed by atoms with Gasteiger partial charge in [-0.3, -0.25) is 4.98 Å². The van der Waals surface area contributed by atoms with Crippen molar-refractivity contribution in [2.75, 3.05) is 12.4 Å². The second-order valence-corrected chi connectivity index (χ2v) is 6.75. The van der Waals surface area contributed by atoms with E-state index in [1.54, 1.807) is 12.1 Å². The highest BCUT2D eigenvalue weighted by Crippen LogP contribution is 2.34. The smallest absolute Gasteiger partial charge is 0.339 e. The predicted molar refractivity (Wildman–Crippen MR) is 92.4 cm³/mol. The van der Waals surface area contributed by atoms with Gasteiger partial charge in [-0.05, 0) is 56.1 Å². The predicted octanol–water partition coefficient (Wildman–Crippen LogP) is 4.77. The summed E-state index contributed by atoms with van der Waals surface area (Å²) >= 11 is 10.4. The number of methoxy groups -OCH3 is 1. The van der Waals surface area contributed by atoms with Crippen LogP contribution in [0, 0.1) is 0 Å². The first-order valence-corrected chi connectivity index (χ1v) is 8.31. The molecule has 0 radical (unpaired) electrons. The van der Waals surface area contributed by atoms with Crippen molar-refractivity contribution < 1.29 is 9.53 Å². The fourth-order valence-electron chi connectivity index (χ4n) is 1.66. The van der Waals surface area contributed by atoms with Gasteiger partial charge >= 0.3 is 5.97 Å². The van der Waals surface area contributed by atoms with Gasteiger partial charge in [0.25, 0.3) is 0 Å². The average molecular weight is 479 g/mol. The highest BCUT2D eigenvalue weighted by molar-refractivity contribution is 9.11. The second-order valence-electron chi connectivity index (χ2n) is 4.13. The molecule has 0 spiro atoms. The van der Waals surface area contributed by atoms with Gasteiger partial charge in [0.1, 0.15) is 0 Å². The van der Waals surface area contributed by atoms with Crippen molar-refractivity contribution in [2.45, 2.75) is 6.54 Å². The minimum atomic E-state index is -0.389. The largest absolute Gasteiger partial charge is 0.465 e. The van der Waals surface area contributed by atoms with Gasteiger partial charge in [0.05, 0.1) is 30.6 Å². The van der Waals surface area contributed by atoms with Crippen LogP contribution in [0.1, 0.15) is 16.1 Å². The minimum Gasteiger partial charge on any atom is -0.465 e. The number of halogens is 3. The fourth-order valence-corrected chi connectivity index (χ4v) is 4.20. The Hall–Kier alpha value is -0.920. The van der Waals surface area contributed by atoms with E-state index >= 15 is 0 Å². The van der Waals surface area contributed by atoms with E-state index in [2.05, 4.69) is 62.8 Å². The molecule has 1 aromatic carbocycles. The number of pyridine rings is 1. The zero-order valence-corrected chi connectivity index (χ0v) is 15.7. The Morgan fingerprint density at radius 3 is 2.43 bits per heavy atom. The Kier molecular flexibility index (Phi) is 5.78. The molecular formula is C14H11Br3N2O2. The molecule has 1 aromatic heterocycles.